The lowest BCUT2D eigenvalue weighted by atomic mass is 10.2. The van der Waals surface area contributed by atoms with E-state index in [1.165, 1.54) is 42.5 Å². The number of hydrazone groups is 1. The highest BCUT2D eigenvalue weighted by Gasteiger charge is 2.11. The maximum Gasteiger partial charge on any atom is 0.273 e. The zero-order valence-electron chi connectivity index (χ0n) is 14.7. The van der Waals surface area contributed by atoms with E-state index in [0.717, 1.165) is 18.8 Å². The number of hydrogen-bond acceptors (Lipinski definition) is 5. The van der Waals surface area contributed by atoms with Gasteiger partial charge in [0.2, 0.25) is 0 Å². The number of nitrogens with zero attached hydrogens (tertiary/aromatic N) is 3. The lowest BCUT2D eigenvalue weighted by molar-refractivity contribution is 0.0800. The Morgan fingerprint density at radius 3 is 2.28 bits per heavy atom. The van der Waals surface area contributed by atoms with Crippen LogP contribution in [0.2, 0.25) is 0 Å². The molecule has 0 spiro atoms. The van der Waals surface area contributed by atoms with Crippen LogP contribution in [0.25, 0.3) is 0 Å². The molecule has 0 aliphatic rings. The Balaban J connectivity index is 2.12. The van der Waals surface area contributed by atoms with E-state index in [0.29, 0.717) is 11.1 Å². The molecule has 2 aromatic rings. The quantitative estimate of drug-likeness (QED) is 0.625. The fourth-order valence-electron chi connectivity index (χ4n) is 2.42. The number of phenolic OH excluding ortho intramolecular Hbond substituents is 2. The van der Waals surface area contributed by atoms with Gasteiger partial charge in [-0.2, -0.15) is 5.10 Å². The fraction of sp³-hybridized carbons (Fsp3) is 0.263. The summed E-state index contributed by atoms with van der Waals surface area (Å²) in [7, 11) is 1.53. The van der Waals surface area contributed by atoms with Crippen LogP contribution < -0.4 is 4.90 Å². The summed E-state index contributed by atoms with van der Waals surface area (Å²) < 4.78 is 0. The van der Waals surface area contributed by atoms with Crippen molar-refractivity contribution in [2.45, 2.75) is 13.8 Å². The summed E-state index contributed by atoms with van der Waals surface area (Å²) in [6.07, 6.45) is 1.44. The molecular formula is C19H23N3O3. The van der Waals surface area contributed by atoms with Crippen molar-refractivity contribution in [3.8, 4) is 11.5 Å². The summed E-state index contributed by atoms with van der Waals surface area (Å²) in [5, 5.41) is 24.7. The van der Waals surface area contributed by atoms with Gasteiger partial charge < -0.3 is 15.1 Å². The molecule has 2 aromatic carbocycles. The van der Waals surface area contributed by atoms with Gasteiger partial charge in [0, 0.05) is 43.0 Å². The smallest absolute Gasteiger partial charge is 0.273 e. The maximum absolute atomic E-state index is 12.2. The molecule has 0 unspecified atom stereocenters. The van der Waals surface area contributed by atoms with Crippen molar-refractivity contribution < 1.29 is 15.0 Å². The van der Waals surface area contributed by atoms with Crippen LogP contribution in [0.1, 0.15) is 29.8 Å². The van der Waals surface area contributed by atoms with Crippen LogP contribution in [-0.4, -0.2) is 47.5 Å². The summed E-state index contributed by atoms with van der Waals surface area (Å²) in [4.78, 5) is 14.4. The van der Waals surface area contributed by atoms with Crippen LogP contribution in [-0.2, 0) is 0 Å². The number of rotatable bonds is 6. The van der Waals surface area contributed by atoms with Crippen LogP contribution in [0.5, 0.6) is 11.5 Å². The minimum atomic E-state index is -0.310. The van der Waals surface area contributed by atoms with Crippen molar-refractivity contribution in [3.05, 3.63) is 53.6 Å². The van der Waals surface area contributed by atoms with Crippen LogP contribution in [0.4, 0.5) is 5.69 Å². The predicted molar refractivity (Wildman–Crippen MR) is 99.5 cm³/mol. The summed E-state index contributed by atoms with van der Waals surface area (Å²) in [6, 6.07) is 11.3. The Morgan fingerprint density at radius 2 is 1.72 bits per heavy atom. The molecule has 0 aliphatic carbocycles. The molecule has 0 saturated carbocycles. The maximum atomic E-state index is 12.2. The first-order valence-electron chi connectivity index (χ1n) is 8.15. The third-order valence-electron chi connectivity index (χ3n) is 3.92. The first kappa shape index (κ1) is 18.3. The molecule has 0 aromatic heterocycles. The normalized spacial score (nSPS) is 10.8. The van der Waals surface area contributed by atoms with E-state index in [1.54, 1.807) is 12.1 Å². The second-order valence-corrected chi connectivity index (χ2v) is 5.54. The van der Waals surface area contributed by atoms with Crippen LogP contribution in [0, 0.1) is 0 Å². The molecule has 0 atom stereocenters. The molecule has 2 N–H and O–H groups in total. The van der Waals surface area contributed by atoms with Gasteiger partial charge in [-0.05, 0) is 50.2 Å². The Bertz CT molecular complexity index is 753. The van der Waals surface area contributed by atoms with Crippen molar-refractivity contribution in [1.29, 1.82) is 0 Å². The molecule has 6 nitrogen and oxygen atoms in total. The molecule has 6 heteroatoms. The molecule has 25 heavy (non-hydrogen) atoms. The topological polar surface area (TPSA) is 76.4 Å². The van der Waals surface area contributed by atoms with Crippen molar-refractivity contribution in [3.63, 3.8) is 0 Å². The van der Waals surface area contributed by atoms with E-state index >= 15 is 0 Å². The van der Waals surface area contributed by atoms with Crippen LogP contribution >= 0.6 is 0 Å². The van der Waals surface area contributed by atoms with Gasteiger partial charge in [0.15, 0.2) is 0 Å². The van der Waals surface area contributed by atoms with Crippen LogP contribution in [0.15, 0.2) is 47.6 Å². The lowest BCUT2D eigenvalue weighted by Crippen LogP contribution is -2.22. The van der Waals surface area contributed by atoms with E-state index in [9.17, 15) is 15.0 Å². The predicted octanol–water partition coefficient (Wildman–Crippen LogP) is 3.05. The molecule has 0 bridgehead atoms. The molecule has 0 radical (unpaired) electrons. The number of aromatic hydroxyl groups is 2. The second kappa shape index (κ2) is 8.19. The molecule has 2 rings (SSSR count). The average Bonchev–Trinajstić information content (AvgIpc) is 2.62. The number of carbonyl (C=O) groups is 1. The molecule has 1 amide bonds. The second-order valence-electron chi connectivity index (χ2n) is 5.54. The van der Waals surface area contributed by atoms with Gasteiger partial charge in [-0.1, -0.05) is 0 Å². The molecule has 0 saturated heterocycles. The van der Waals surface area contributed by atoms with Gasteiger partial charge in [0.25, 0.3) is 5.91 Å². The molecule has 132 valence electrons. The Kier molecular flexibility index (Phi) is 6.00. The van der Waals surface area contributed by atoms with Gasteiger partial charge in [-0.15, -0.1) is 0 Å². The first-order valence-corrected chi connectivity index (χ1v) is 8.15. The number of amides is 1. The zero-order valence-corrected chi connectivity index (χ0v) is 14.7. The van der Waals surface area contributed by atoms with Gasteiger partial charge >= 0.3 is 0 Å². The number of carbonyl (C=O) groups excluding carboxylic acids is 1. The zero-order chi connectivity index (χ0) is 18.4. The number of hydrogen-bond donors (Lipinski definition) is 2. The SMILES string of the molecule is CCN(CC)c1ccc(/C=N/N(C)C(=O)c2ccc(O)cc2)c(O)c1. The molecule has 0 fully saturated rings. The number of phenols is 2. The monoisotopic (exact) mass is 341 g/mol. The third-order valence-corrected chi connectivity index (χ3v) is 3.92. The van der Waals surface area contributed by atoms with Crippen molar-refractivity contribution >= 4 is 17.8 Å². The largest absolute Gasteiger partial charge is 0.508 e. The van der Waals surface area contributed by atoms with Crippen molar-refractivity contribution in [2.24, 2.45) is 5.10 Å². The van der Waals surface area contributed by atoms with E-state index < -0.39 is 0 Å². The Hall–Kier alpha value is -3.02. The van der Waals surface area contributed by atoms with Gasteiger partial charge in [-0.25, -0.2) is 5.01 Å². The van der Waals surface area contributed by atoms with Gasteiger partial charge in [0.1, 0.15) is 11.5 Å². The highest BCUT2D eigenvalue weighted by molar-refractivity contribution is 5.95. The summed E-state index contributed by atoms with van der Waals surface area (Å²) >= 11 is 0. The highest BCUT2D eigenvalue weighted by Crippen LogP contribution is 2.23. The van der Waals surface area contributed by atoms with E-state index in [4.69, 9.17) is 0 Å². The lowest BCUT2D eigenvalue weighted by Gasteiger charge is -2.21. The highest BCUT2D eigenvalue weighted by atomic mass is 16.3. The van der Waals surface area contributed by atoms with E-state index in [-0.39, 0.29) is 17.4 Å². The van der Waals surface area contributed by atoms with Crippen molar-refractivity contribution in [1.82, 2.24) is 5.01 Å². The third kappa shape index (κ3) is 4.50. The Labute approximate surface area is 147 Å². The molecule has 0 aliphatic heterocycles. The minimum Gasteiger partial charge on any atom is -0.508 e. The van der Waals surface area contributed by atoms with Gasteiger partial charge in [-0.3, -0.25) is 4.79 Å². The minimum absolute atomic E-state index is 0.0981. The summed E-state index contributed by atoms with van der Waals surface area (Å²) in [5.74, 6) is -0.102. The first-order chi connectivity index (χ1) is 12.0. The Morgan fingerprint density at radius 1 is 1.08 bits per heavy atom. The van der Waals surface area contributed by atoms with Crippen LogP contribution in [0.3, 0.4) is 0 Å². The average molecular weight is 341 g/mol. The standard InChI is InChI=1S/C19H23N3O3/c1-4-22(5-2)16-9-6-15(18(24)12-16)13-20-21(3)19(25)14-7-10-17(23)11-8-14/h6-13,23-24H,4-5H2,1-3H3/b20-13+. The molecule has 0 heterocycles. The van der Waals surface area contributed by atoms with Crippen molar-refractivity contribution in [2.75, 3.05) is 25.0 Å². The van der Waals surface area contributed by atoms with Gasteiger partial charge in [0.05, 0.1) is 6.21 Å². The van der Waals surface area contributed by atoms with E-state index in [2.05, 4.69) is 23.8 Å². The summed E-state index contributed by atoms with van der Waals surface area (Å²) in [6.45, 7) is 5.82. The van der Waals surface area contributed by atoms with E-state index in [1.807, 2.05) is 6.07 Å². The number of benzene rings is 2. The molecular weight excluding hydrogens is 318 g/mol. The summed E-state index contributed by atoms with van der Waals surface area (Å²) in [5.41, 5.74) is 1.88. The number of anilines is 1. The fourth-order valence-corrected chi connectivity index (χ4v) is 2.42.